The summed E-state index contributed by atoms with van der Waals surface area (Å²) in [6, 6.07) is 0.782. The maximum Gasteiger partial charge on any atom is 0.501 e. The summed E-state index contributed by atoms with van der Waals surface area (Å²) in [6.45, 7) is 9.20. The van der Waals surface area contributed by atoms with E-state index in [-0.39, 0.29) is 6.10 Å². The smallest absolute Gasteiger partial charge is 0.374 e. The van der Waals surface area contributed by atoms with Gasteiger partial charge in [-0.05, 0) is 20.8 Å². The third kappa shape index (κ3) is 6.70. The Labute approximate surface area is 105 Å². The number of carbonyl (C=O) groups excluding carboxylic acids is 1. The SMILES string of the molecule is CCC[Si](OCC)(OCC)OC(C)CN=C=O. The molecule has 0 N–H and O–H groups in total. The predicted molar refractivity (Wildman–Crippen MR) is 67.6 cm³/mol. The minimum Gasteiger partial charge on any atom is -0.374 e. The van der Waals surface area contributed by atoms with Gasteiger partial charge in [0.25, 0.3) is 0 Å². The first-order valence-corrected chi connectivity index (χ1v) is 8.06. The zero-order chi connectivity index (χ0) is 13.1. The Morgan fingerprint density at radius 1 is 1.24 bits per heavy atom. The lowest BCUT2D eigenvalue weighted by Crippen LogP contribution is -2.48. The summed E-state index contributed by atoms with van der Waals surface area (Å²) in [4.78, 5) is 13.6. The van der Waals surface area contributed by atoms with E-state index in [1.165, 1.54) is 6.08 Å². The lowest BCUT2D eigenvalue weighted by molar-refractivity contribution is 0.0411. The number of nitrogens with zero attached hydrogens (tertiary/aromatic N) is 1. The van der Waals surface area contributed by atoms with Gasteiger partial charge in [-0.1, -0.05) is 13.3 Å². The Hall–Kier alpha value is -0.523. The molecule has 0 aromatic carbocycles. The van der Waals surface area contributed by atoms with Crippen LogP contribution in [0.1, 0.15) is 34.1 Å². The number of rotatable bonds is 10. The fourth-order valence-corrected chi connectivity index (χ4v) is 4.37. The standard InChI is InChI=1S/C11H23NO4Si/c1-5-8-17(14-6-2,15-7-3)16-11(4)9-12-10-13/h11H,5-9H2,1-4H3. The highest BCUT2D eigenvalue weighted by Crippen LogP contribution is 2.20. The van der Waals surface area contributed by atoms with Gasteiger partial charge in [-0.2, -0.15) is 0 Å². The van der Waals surface area contributed by atoms with Crippen molar-refractivity contribution in [2.24, 2.45) is 4.99 Å². The molecule has 5 nitrogen and oxygen atoms in total. The molecule has 0 aromatic rings. The first kappa shape index (κ1) is 16.5. The van der Waals surface area contributed by atoms with Crippen LogP contribution in [0.4, 0.5) is 0 Å². The Balaban J connectivity index is 4.56. The summed E-state index contributed by atoms with van der Waals surface area (Å²) in [7, 11) is -2.60. The first-order chi connectivity index (χ1) is 8.14. The van der Waals surface area contributed by atoms with Crippen molar-refractivity contribution < 1.29 is 18.1 Å². The van der Waals surface area contributed by atoms with Crippen molar-refractivity contribution in [2.75, 3.05) is 19.8 Å². The second kappa shape index (κ2) is 9.50. The zero-order valence-electron chi connectivity index (χ0n) is 11.2. The van der Waals surface area contributed by atoms with Crippen molar-refractivity contribution in [1.82, 2.24) is 0 Å². The Morgan fingerprint density at radius 2 is 1.82 bits per heavy atom. The molecule has 0 rings (SSSR count). The molecule has 0 aliphatic heterocycles. The van der Waals surface area contributed by atoms with Gasteiger partial charge < -0.3 is 13.3 Å². The van der Waals surface area contributed by atoms with Crippen molar-refractivity contribution in [3.8, 4) is 0 Å². The van der Waals surface area contributed by atoms with E-state index >= 15 is 0 Å². The van der Waals surface area contributed by atoms with Gasteiger partial charge in [-0.3, -0.25) is 0 Å². The molecular weight excluding hydrogens is 238 g/mol. The lowest BCUT2D eigenvalue weighted by Gasteiger charge is -2.30. The van der Waals surface area contributed by atoms with Crippen LogP contribution in [0, 0.1) is 0 Å². The van der Waals surface area contributed by atoms with E-state index in [2.05, 4.69) is 11.9 Å². The van der Waals surface area contributed by atoms with E-state index in [0.717, 1.165) is 12.5 Å². The Bertz CT molecular complexity index is 227. The van der Waals surface area contributed by atoms with Gasteiger partial charge in [0.05, 0.1) is 12.6 Å². The van der Waals surface area contributed by atoms with Crippen LogP contribution in [0.2, 0.25) is 6.04 Å². The summed E-state index contributed by atoms with van der Waals surface area (Å²) in [6.07, 6.45) is 2.26. The van der Waals surface area contributed by atoms with Crippen LogP contribution in [0.5, 0.6) is 0 Å². The highest BCUT2D eigenvalue weighted by molar-refractivity contribution is 6.60. The van der Waals surface area contributed by atoms with Gasteiger partial charge in [-0.25, -0.2) is 9.79 Å². The van der Waals surface area contributed by atoms with Crippen LogP contribution in [0.15, 0.2) is 4.99 Å². The van der Waals surface area contributed by atoms with Gasteiger partial charge in [-0.15, -0.1) is 0 Å². The zero-order valence-corrected chi connectivity index (χ0v) is 12.2. The van der Waals surface area contributed by atoms with Crippen molar-refractivity contribution in [3.63, 3.8) is 0 Å². The van der Waals surface area contributed by atoms with E-state index in [0.29, 0.717) is 19.8 Å². The Morgan fingerprint density at radius 3 is 2.24 bits per heavy atom. The van der Waals surface area contributed by atoms with E-state index in [1.807, 2.05) is 20.8 Å². The quantitative estimate of drug-likeness (QED) is 0.343. The summed E-state index contributed by atoms with van der Waals surface area (Å²) in [5.41, 5.74) is 0. The molecule has 0 amide bonds. The molecular formula is C11H23NO4Si. The fourth-order valence-electron chi connectivity index (χ4n) is 1.57. The van der Waals surface area contributed by atoms with E-state index in [1.54, 1.807) is 0 Å². The minimum atomic E-state index is -2.60. The molecule has 0 saturated heterocycles. The van der Waals surface area contributed by atoms with Crippen LogP contribution in [-0.2, 0) is 18.1 Å². The molecule has 1 unspecified atom stereocenters. The molecule has 6 heteroatoms. The number of isocyanates is 1. The normalized spacial score (nSPS) is 13.2. The van der Waals surface area contributed by atoms with Gasteiger partial charge in [0.15, 0.2) is 0 Å². The molecule has 0 heterocycles. The number of hydrogen-bond donors (Lipinski definition) is 0. The predicted octanol–water partition coefficient (Wildman–Crippen LogP) is 2.15. The van der Waals surface area contributed by atoms with E-state index < -0.39 is 8.80 Å². The van der Waals surface area contributed by atoms with Gasteiger partial charge >= 0.3 is 8.80 Å². The summed E-state index contributed by atoms with van der Waals surface area (Å²) < 4.78 is 17.3. The Kier molecular flexibility index (Phi) is 9.21. The molecule has 1 atom stereocenters. The molecule has 0 aliphatic carbocycles. The van der Waals surface area contributed by atoms with E-state index in [4.69, 9.17) is 13.3 Å². The summed E-state index contributed by atoms with van der Waals surface area (Å²) in [5.74, 6) is 0. The molecule has 0 fully saturated rings. The molecule has 0 aliphatic rings. The van der Waals surface area contributed by atoms with Crippen LogP contribution in [0.3, 0.4) is 0 Å². The van der Waals surface area contributed by atoms with Gasteiger partial charge in [0.1, 0.15) is 0 Å². The second-order valence-corrected chi connectivity index (χ2v) is 6.34. The van der Waals surface area contributed by atoms with Crippen LogP contribution in [-0.4, -0.2) is 40.7 Å². The molecule has 100 valence electrons. The van der Waals surface area contributed by atoms with E-state index in [9.17, 15) is 4.79 Å². The molecule has 0 bridgehead atoms. The molecule has 0 radical (unpaired) electrons. The molecule has 0 saturated carbocycles. The topological polar surface area (TPSA) is 57.1 Å². The van der Waals surface area contributed by atoms with Gasteiger partial charge in [0, 0.05) is 19.3 Å². The number of hydrogen-bond acceptors (Lipinski definition) is 5. The molecule has 0 spiro atoms. The third-order valence-corrected chi connectivity index (χ3v) is 5.41. The second-order valence-electron chi connectivity index (χ2n) is 3.66. The highest BCUT2D eigenvalue weighted by atomic mass is 28.4. The van der Waals surface area contributed by atoms with Gasteiger partial charge in [0.2, 0.25) is 6.08 Å². The number of aliphatic imine (C=N–C) groups is 1. The molecule has 17 heavy (non-hydrogen) atoms. The third-order valence-electron chi connectivity index (χ3n) is 2.08. The average molecular weight is 261 g/mol. The molecule has 0 aromatic heterocycles. The lowest BCUT2D eigenvalue weighted by atomic mass is 10.4. The van der Waals surface area contributed by atoms with Crippen LogP contribution >= 0.6 is 0 Å². The van der Waals surface area contributed by atoms with Crippen molar-refractivity contribution >= 4 is 14.9 Å². The highest BCUT2D eigenvalue weighted by Gasteiger charge is 2.41. The fraction of sp³-hybridized carbons (Fsp3) is 0.909. The van der Waals surface area contributed by atoms with Crippen molar-refractivity contribution in [2.45, 2.75) is 46.3 Å². The maximum atomic E-state index is 10.1. The van der Waals surface area contributed by atoms with Crippen molar-refractivity contribution in [3.05, 3.63) is 0 Å². The van der Waals surface area contributed by atoms with Crippen LogP contribution in [0.25, 0.3) is 0 Å². The minimum absolute atomic E-state index is 0.187. The summed E-state index contributed by atoms with van der Waals surface area (Å²) >= 11 is 0. The largest absolute Gasteiger partial charge is 0.501 e. The summed E-state index contributed by atoms with van der Waals surface area (Å²) in [5, 5.41) is 0. The first-order valence-electron chi connectivity index (χ1n) is 6.13. The van der Waals surface area contributed by atoms with Crippen LogP contribution < -0.4 is 0 Å². The monoisotopic (exact) mass is 261 g/mol. The van der Waals surface area contributed by atoms with Crippen molar-refractivity contribution in [1.29, 1.82) is 0 Å². The maximum absolute atomic E-state index is 10.1. The average Bonchev–Trinajstić information content (AvgIpc) is 2.27.